The van der Waals surface area contributed by atoms with Crippen molar-refractivity contribution in [3.8, 4) is 5.75 Å². The zero-order valence-electron chi connectivity index (χ0n) is 12.2. The molecule has 1 unspecified atom stereocenters. The number of ether oxygens (including phenoxy) is 1. The van der Waals surface area contributed by atoms with Crippen molar-refractivity contribution >= 4 is 10.2 Å². The molecule has 1 aromatic carbocycles. The van der Waals surface area contributed by atoms with E-state index in [1.165, 1.54) is 7.05 Å². The molecule has 1 aliphatic heterocycles. The average Bonchev–Trinajstić information content (AvgIpc) is 2.88. The Morgan fingerprint density at radius 3 is 2.80 bits per heavy atom. The molecular formula is C14H22N2O3S. The fraction of sp³-hybridized carbons (Fsp3) is 0.571. The molecule has 0 bridgehead atoms. The molecule has 1 heterocycles. The summed E-state index contributed by atoms with van der Waals surface area (Å²) in [6, 6.07) is 6.06. The molecule has 5 nitrogen and oxygen atoms in total. The lowest BCUT2D eigenvalue weighted by atomic mass is 10.0. The Balaban J connectivity index is 2.15. The van der Waals surface area contributed by atoms with Crippen molar-refractivity contribution in [1.82, 2.24) is 9.03 Å². The van der Waals surface area contributed by atoms with Gasteiger partial charge in [-0.25, -0.2) is 4.72 Å². The summed E-state index contributed by atoms with van der Waals surface area (Å²) in [7, 11) is -0.218. The maximum Gasteiger partial charge on any atom is 0.279 e. The zero-order chi connectivity index (χ0) is 14.8. The molecule has 1 N–H and O–H groups in total. The summed E-state index contributed by atoms with van der Waals surface area (Å²) in [5.74, 6) is 0.861. The number of hydrogen-bond acceptors (Lipinski definition) is 3. The third kappa shape index (κ3) is 3.13. The fourth-order valence-electron chi connectivity index (χ4n) is 2.79. The summed E-state index contributed by atoms with van der Waals surface area (Å²) in [5, 5.41) is 0. The molecule has 0 amide bonds. The molecule has 0 radical (unpaired) electrons. The monoisotopic (exact) mass is 298 g/mol. The predicted molar refractivity (Wildman–Crippen MR) is 79.1 cm³/mol. The molecule has 2 rings (SSSR count). The van der Waals surface area contributed by atoms with Gasteiger partial charge in [-0.3, -0.25) is 0 Å². The minimum absolute atomic E-state index is 0.0419. The Labute approximate surface area is 121 Å². The van der Waals surface area contributed by atoms with E-state index in [0.717, 1.165) is 36.1 Å². The van der Waals surface area contributed by atoms with Crippen molar-refractivity contribution in [1.29, 1.82) is 0 Å². The van der Waals surface area contributed by atoms with E-state index in [-0.39, 0.29) is 6.04 Å². The van der Waals surface area contributed by atoms with Crippen LogP contribution in [0.3, 0.4) is 0 Å². The summed E-state index contributed by atoms with van der Waals surface area (Å²) in [6.07, 6.45) is 2.57. The van der Waals surface area contributed by atoms with Gasteiger partial charge in [0.25, 0.3) is 10.2 Å². The minimum Gasteiger partial charge on any atom is -0.496 e. The van der Waals surface area contributed by atoms with Crippen LogP contribution in [0.4, 0.5) is 0 Å². The lowest BCUT2D eigenvalue weighted by molar-refractivity contribution is 0.380. The highest BCUT2D eigenvalue weighted by molar-refractivity contribution is 7.87. The van der Waals surface area contributed by atoms with E-state index in [9.17, 15) is 8.42 Å². The van der Waals surface area contributed by atoms with Crippen molar-refractivity contribution in [2.75, 3.05) is 20.7 Å². The summed E-state index contributed by atoms with van der Waals surface area (Å²) < 4.78 is 33.2. The molecule has 6 heteroatoms. The SMILES string of the molecule is CNS(=O)(=O)N1CCCC1Cc1ccc(OC)c(C)c1. The smallest absolute Gasteiger partial charge is 0.279 e. The van der Waals surface area contributed by atoms with Crippen LogP contribution in [-0.4, -0.2) is 39.5 Å². The fourth-order valence-corrected chi connectivity index (χ4v) is 3.96. The molecule has 0 aliphatic carbocycles. The van der Waals surface area contributed by atoms with E-state index in [0.29, 0.717) is 6.54 Å². The zero-order valence-corrected chi connectivity index (χ0v) is 13.0. The van der Waals surface area contributed by atoms with Crippen molar-refractivity contribution in [2.45, 2.75) is 32.2 Å². The maximum absolute atomic E-state index is 12.0. The van der Waals surface area contributed by atoms with Gasteiger partial charge in [0, 0.05) is 19.6 Å². The lowest BCUT2D eigenvalue weighted by Crippen LogP contribution is -2.42. The summed E-state index contributed by atoms with van der Waals surface area (Å²) >= 11 is 0. The first-order valence-electron chi connectivity index (χ1n) is 6.81. The van der Waals surface area contributed by atoms with Crippen LogP contribution in [-0.2, 0) is 16.6 Å². The van der Waals surface area contributed by atoms with Crippen molar-refractivity contribution in [2.24, 2.45) is 0 Å². The van der Waals surface area contributed by atoms with Gasteiger partial charge in [-0.2, -0.15) is 12.7 Å². The van der Waals surface area contributed by atoms with Gasteiger partial charge in [0.1, 0.15) is 5.75 Å². The summed E-state index contributed by atoms with van der Waals surface area (Å²) in [6.45, 7) is 2.60. The third-order valence-electron chi connectivity index (χ3n) is 3.82. The summed E-state index contributed by atoms with van der Waals surface area (Å²) in [5.41, 5.74) is 2.22. The van der Waals surface area contributed by atoms with E-state index >= 15 is 0 Å². The molecule has 0 saturated carbocycles. The Morgan fingerprint density at radius 2 is 2.20 bits per heavy atom. The van der Waals surface area contributed by atoms with Crippen LogP contribution in [0.15, 0.2) is 18.2 Å². The molecule has 1 aliphatic rings. The third-order valence-corrected chi connectivity index (χ3v) is 5.43. The van der Waals surface area contributed by atoms with Gasteiger partial charge in [-0.1, -0.05) is 12.1 Å². The second-order valence-corrected chi connectivity index (χ2v) is 6.95. The second-order valence-electron chi connectivity index (χ2n) is 5.12. The molecule has 0 aromatic heterocycles. The molecule has 112 valence electrons. The Bertz CT molecular complexity index is 572. The van der Waals surface area contributed by atoms with Crippen LogP contribution in [0, 0.1) is 6.92 Å². The first-order valence-corrected chi connectivity index (χ1v) is 8.25. The first-order chi connectivity index (χ1) is 9.47. The van der Waals surface area contributed by atoms with E-state index < -0.39 is 10.2 Å². The largest absolute Gasteiger partial charge is 0.496 e. The van der Waals surface area contributed by atoms with Gasteiger partial charge in [-0.05, 0) is 43.4 Å². The number of nitrogens with one attached hydrogen (secondary N) is 1. The number of methoxy groups -OCH3 is 1. The van der Waals surface area contributed by atoms with Gasteiger partial charge in [0.05, 0.1) is 7.11 Å². The number of benzene rings is 1. The Hall–Kier alpha value is -1.11. The maximum atomic E-state index is 12.0. The highest BCUT2D eigenvalue weighted by Gasteiger charge is 2.33. The van der Waals surface area contributed by atoms with Crippen LogP contribution in [0.2, 0.25) is 0 Å². The van der Waals surface area contributed by atoms with Crippen LogP contribution < -0.4 is 9.46 Å². The standard InChI is InChI=1S/C14H22N2O3S/c1-11-9-12(6-7-14(11)19-3)10-13-5-4-8-16(13)20(17,18)15-2/h6-7,9,13,15H,4-5,8,10H2,1-3H3. The van der Waals surface area contributed by atoms with Gasteiger partial charge in [0.15, 0.2) is 0 Å². The molecule has 1 aromatic rings. The summed E-state index contributed by atoms with van der Waals surface area (Å²) in [4.78, 5) is 0. The van der Waals surface area contributed by atoms with Crippen LogP contribution in [0.1, 0.15) is 24.0 Å². The van der Waals surface area contributed by atoms with Crippen molar-refractivity contribution in [3.63, 3.8) is 0 Å². The van der Waals surface area contributed by atoms with E-state index in [4.69, 9.17) is 4.74 Å². The molecule has 1 atom stereocenters. The van der Waals surface area contributed by atoms with E-state index in [1.54, 1.807) is 11.4 Å². The number of aryl methyl sites for hydroxylation is 1. The highest BCUT2D eigenvalue weighted by atomic mass is 32.2. The molecule has 1 saturated heterocycles. The molecular weight excluding hydrogens is 276 g/mol. The topological polar surface area (TPSA) is 58.6 Å². The number of nitrogens with zero attached hydrogens (tertiary/aromatic N) is 1. The normalized spacial score (nSPS) is 20.2. The van der Waals surface area contributed by atoms with Crippen molar-refractivity contribution in [3.05, 3.63) is 29.3 Å². The predicted octanol–water partition coefficient (Wildman–Crippen LogP) is 1.47. The quantitative estimate of drug-likeness (QED) is 0.895. The van der Waals surface area contributed by atoms with Gasteiger partial charge in [0.2, 0.25) is 0 Å². The Morgan fingerprint density at radius 1 is 1.45 bits per heavy atom. The average molecular weight is 298 g/mol. The van der Waals surface area contributed by atoms with Gasteiger partial charge >= 0.3 is 0 Å². The lowest BCUT2D eigenvalue weighted by Gasteiger charge is -2.23. The van der Waals surface area contributed by atoms with Gasteiger partial charge in [-0.15, -0.1) is 0 Å². The molecule has 1 fully saturated rings. The second kappa shape index (κ2) is 6.11. The van der Waals surface area contributed by atoms with E-state index in [1.807, 2.05) is 19.1 Å². The van der Waals surface area contributed by atoms with E-state index in [2.05, 4.69) is 10.8 Å². The Kier molecular flexibility index (Phi) is 4.67. The minimum atomic E-state index is -3.33. The number of rotatable bonds is 5. The molecule has 0 spiro atoms. The molecule has 20 heavy (non-hydrogen) atoms. The van der Waals surface area contributed by atoms with Crippen molar-refractivity contribution < 1.29 is 13.2 Å². The van der Waals surface area contributed by atoms with Crippen LogP contribution in [0.5, 0.6) is 5.75 Å². The van der Waals surface area contributed by atoms with Crippen LogP contribution >= 0.6 is 0 Å². The van der Waals surface area contributed by atoms with Crippen LogP contribution in [0.25, 0.3) is 0 Å². The highest BCUT2D eigenvalue weighted by Crippen LogP contribution is 2.25. The van der Waals surface area contributed by atoms with Gasteiger partial charge < -0.3 is 4.74 Å². The first kappa shape index (κ1) is 15.3. The number of hydrogen-bond donors (Lipinski definition) is 1.